The van der Waals surface area contributed by atoms with Gasteiger partial charge in [0.15, 0.2) is 11.6 Å². The van der Waals surface area contributed by atoms with E-state index in [4.69, 9.17) is 11.5 Å². The first kappa shape index (κ1) is 14.5. The molecule has 0 fully saturated rings. The second-order valence-corrected chi connectivity index (χ2v) is 5.39. The summed E-state index contributed by atoms with van der Waals surface area (Å²) in [7, 11) is 0. The van der Waals surface area contributed by atoms with Gasteiger partial charge in [0.05, 0.1) is 0 Å². The Bertz CT molecular complexity index is 475. The average Bonchev–Trinajstić information content (AvgIpc) is 2.38. The molecule has 0 amide bonds. The van der Waals surface area contributed by atoms with E-state index in [1.807, 2.05) is 0 Å². The van der Waals surface area contributed by atoms with Crippen LogP contribution >= 0.6 is 0 Å². The molecular formula is C15H20N2O3. The van der Waals surface area contributed by atoms with E-state index in [9.17, 15) is 14.4 Å². The van der Waals surface area contributed by atoms with Crippen LogP contribution in [-0.4, -0.2) is 17.9 Å². The summed E-state index contributed by atoms with van der Waals surface area (Å²) in [6.07, 6.45) is 4.39. The Morgan fingerprint density at radius 2 is 1.35 bits per heavy atom. The molecular weight excluding hydrogens is 256 g/mol. The summed E-state index contributed by atoms with van der Waals surface area (Å²) in [6.45, 7) is 0. The van der Waals surface area contributed by atoms with Crippen molar-refractivity contribution in [2.75, 3.05) is 0 Å². The number of aldehydes is 1. The van der Waals surface area contributed by atoms with Crippen molar-refractivity contribution >= 4 is 17.9 Å². The molecule has 0 saturated heterocycles. The minimum atomic E-state index is -0.548. The number of hydrogen-bond donors (Lipinski definition) is 2. The topological polar surface area (TPSA) is 103 Å². The fourth-order valence-corrected chi connectivity index (χ4v) is 3.09. The molecule has 0 aromatic carbocycles. The number of rotatable bonds is 4. The van der Waals surface area contributed by atoms with Crippen LogP contribution in [0, 0.1) is 5.92 Å². The van der Waals surface area contributed by atoms with Crippen LogP contribution < -0.4 is 11.5 Å². The van der Waals surface area contributed by atoms with Gasteiger partial charge in [0, 0.05) is 47.7 Å². The molecule has 4 N–H and O–H groups in total. The van der Waals surface area contributed by atoms with Crippen molar-refractivity contribution in [1.82, 2.24) is 0 Å². The summed E-state index contributed by atoms with van der Waals surface area (Å²) in [5.74, 6) is -0.661. The van der Waals surface area contributed by atoms with E-state index < -0.39 is 5.92 Å². The van der Waals surface area contributed by atoms with E-state index in [0.717, 1.165) is 19.1 Å². The molecule has 0 aliphatic heterocycles. The van der Waals surface area contributed by atoms with E-state index >= 15 is 0 Å². The van der Waals surface area contributed by atoms with E-state index in [-0.39, 0.29) is 18.0 Å². The third-order valence-electron chi connectivity index (χ3n) is 4.02. The molecule has 0 heterocycles. The first-order chi connectivity index (χ1) is 9.56. The van der Waals surface area contributed by atoms with Crippen molar-refractivity contribution in [3.63, 3.8) is 0 Å². The Morgan fingerprint density at radius 1 is 0.900 bits per heavy atom. The minimum absolute atomic E-state index is 0.0562. The molecule has 0 aromatic heterocycles. The minimum Gasteiger partial charge on any atom is -0.402 e. The Hall–Kier alpha value is -1.91. The highest BCUT2D eigenvalue weighted by Gasteiger charge is 2.34. The molecule has 0 radical (unpaired) electrons. The average molecular weight is 276 g/mol. The van der Waals surface area contributed by atoms with E-state index in [1.54, 1.807) is 0 Å². The number of carbonyl (C=O) groups is 3. The number of nitrogens with two attached hydrogens (primary N) is 2. The summed E-state index contributed by atoms with van der Waals surface area (Å²) in [5.41, 5.74) is 13.8. The van der Waals surface area contributed by atoms with Gasteiger partial charge in [-0.05, 0) is 25.7 Å². The summed E-state index contributed by atoms with van der Waals surface area (Å²) in [6, 6.07) is 0. The number of allylic oxidation sites excluding steroid dienone is 4. The molecule has 2 aliphatic carbocycles. The molecule has 5 heteroatoms. The molecule has 108 valence electrons. The van der Waals surface area contributed by atoms with Crippen molar-refractivity contribution < 1.29 is 14.4 Å². The van der Waals surface area contributed by atoms with Crippen LogP contribution in [0.3, 0.4) is 0 Å². The van der Waals surface area contributed by atoms with Crippen molar-refractivity contribution in [3.8, 4) is 0 Å². The molecule has 0 aromatic rings. The lowest BCUT2D eigenvalue weighted by Gasteiger charge is -2.28. The fourth-order valence-electron chi connectivity index (χ4n) is 3.09. The SMILES string of the molecule is NC1=C(C(CC=O)C2=C(N)CCCC2=O)C(=O)CCC1. The van der Waals surface area contributed by atoms with Crippen LogP contribution in [-0.2, 0) is 14.4 Å². The Balaban J connectivity index is 2.48. The van der Waals surface area contributed by atoms with Crippen molar-refractivity contribution in [2.45, 2.75) is 44.9 Å². The van der Waals surface area contributed by atoms with Gasteiger partial charge in [0.1, 0.15) is 6.29 Å². The predicted octanol–water partition coefficient (Wildman–Crippen LogP) is 1.12. The number of Topliss-reactive ketones (excluding diaryl/α,β-unsaturated/α-hetero) is 2. The normalized spacial score (nSPS) is 20.9. The summed E-state index contributed by atoms with van der Waals surface area (Å²) < 4.78 is 0. The van der Waals surface area contributed by atoms with Gasteiger partial charge >= 0.3 is 0 Å². The van der Waals surface area contributed by atoms with Gasteiger partial charge in [-0.3, -0.25) is 9.59 Å². The fraction of sp³-hybridized carbons (Fsp3) is 0.533. The van der Waals surface area contributed by atoms with E-state index in [0.29, 0.717) is 48.2 Å². The predicted molar refractivity (Wildman–Crippen MR) is 74.3 cm³/mol. The standard InChI is InChI=1S/C15H20N2O3/c16-10-3-1-5-12(19)14(10)9(7-8-18)15-11(17)4-2-6-13(15)20/h8-9H,1-7,16-17H2. The zero-order valence-corrected chi connectivity index (χ0v) is 11.5. The lowest BCUT2D eigenvalue weighted by atomic mass is 9.76. The lowest BCUT2D eigenvalue weighted by Crippen LogP contribution is -2.30. The van der Waals surface area contributed by atoms with Gasteiger partial charge in [0.25, 0.3) is 0 Å². The molecule has 0 spiro atoms. The molecule has 0 atom stereocenters. The van der Waals surface area contributed by atoms with Crippen LogP contribution in [0.15, 0.2) is 22.5 Å². The van der Waals surface area contributed by atoms with Gasteiger partial charge in [-0.2, -0.15) is 0 Å². The second-order valence-electron chi connectivity index (χ2n) is 5.39. The second kappa shape index (κ2) is 6.03. The third kappa shape index (κ3) is 2.66. The largest absolute Gasteiger partial charge is 0.402 e. The highest BCUT2D eigenvalue weighted by molar-refractivity contribution is 6.03. The molecule has 20 heavy (non-hydrogen) atoms. The lowest BCUT2D eigenvalue weighted by molar-refractivity contribution is -0.117. The maximum absolute atomic E-state index is 12.1. The zero-order valence-electron chi connectivity index (χ0n) is 11.5. The maximum Gasteiger partial charge on any atom is 0.161 e. The smallest absolute Gasteiger partial charge is 0.161 e. The van der Waals surface area contributed by atoms with Crippen molar-refractivity contribution in [2.24, 2.45) is 17.4 Å². The molecule has 0 bridgehead atoms. The molecule has 2 aliphatic rings. The monoisotopic (exact) mass is 276 g/mol. The van der Waals surface area contributed by atoms with Gasteiger partial charge < -0.3 is 16.3 Å². The molecule has 0 unspecified atom stereocenters. The van der Waals surface area contributed by atoms with Crippen LogP contribution in [0.2, 0.25) is 0 Å². The van der Waals surface area contributed by atoms with Crippen molar-refractivity contribution in [1.29, 1.82) is 0 Å². The number of hydrogen-bond acceptors (Lipinski definition) is 5. The Labute approximate surface area is 118 Å². The Kier molecular flexibility index (Phi) is 4.37. The van der Waals surface area contributed by atoms with Crippen LogP contribution in [0.4, 0.5) is 0 Å². The van der Waals surface area contributed by atoms with Crippen LogP contribution in [0.1, 0.15) is 44.9 Å². The van der Waals surface area contributed by atoms with E-state index in [1.165, 1.54) is 0 Å². The number of ketones is 2. The van der Waals surface area contributed by atoms with Gasteiger partial charge in [0.2, 0.25) is 0 Å². The first-order valence-corrected chi connectivity index (χ1v) is 7.03. The van der Waals surface area contributed by atoms with Crippen LogP contribution in [0.5, 0.6) is 0 Å². The zero-order chi connectivity index (χ0) is 14.7. The molecule has 2 rings (SSSR count). The summed E-state index contributed by atoms with van der Waals surface area (Å²) >= 11 is 0. The Morgan fingerprint density at radius 3 is 1.70 bits per heavy atom. The highest BCUT2D eigenvalue weighted by atomic mass is 16.1. The van der Waals surface area contributed by atoms with E-state index in [2.05, 4.69) is 0 Å². The maximum atomic E-state index is 12.1. The van der Waals surface area contributed by atoms with Crippen molar-refractivity contribution in [3.05, 3.63) is 22.5 Å². The number of carbonyl (C=O) groups excluding carboxylic acids is 3. The quantitative estimate of drug-likeness (QED) is 0.749. The summed E-state index contributed by atoms with van der Waals surface area (Å²) in [4.78, 5) is 35.3. The molecule has 0 saturated carbocycles. The summed E-state index contributed by atoms with van der Waals surface area (Å²) in [5, 5.41) is 0. The van der Waals surface area contributed by atoms with Gasteiger partial charge in [-0.1, -0.05) is 0 Å². The first-order valence-electron chi connectivity index (χ1n) is 7.03. The van der Waals surface area contributed by atoms with Gasteiger partial charge in [-0.25, -0.2) is 0 Å². The highest BCUT2D eigenvalue weighted by Crippen LogP contribution is 2.35. The third-order valence-corrected chi connectivity index (χ3v) is 4.02. The van der Waals surface area contributed by atoms with Gasteiger partial charge in [-0.15, -0.1) is 0 Å². The van der Waals surface area contributed by atoms with Crippen LogP contribution in [0.25, 0.3) is 0 Å². The molecule has 5 nitrogen and oxygen atoms in total.